The van der Waals surface area contributed by atoms with Crippen LogP contribution in [0.5, 0.6) is 0 Å². The van der Waals surface area contributed by atoms with Gasteiger partial charge in [0.15, 0.2) is 0 Å². The van der Waals surface area contributed by atoms with Gasteiger partial charge in [-0.05, 0) is 41.8 Å². The van der Waals surface area contributed by atoms with Gasteiger partial charge in [0.05, 0.1) is 5.02 Å². The molecule has 0 fully saturated rings. The molecule has 0 radical (unpaired) electrons. The van der Waals surface area contributed by atoms with Gasteiger partial charge in [0.1, 0.15) is 5.82 Å². The molecular formula is C14H13ClFN. The van der Waals surface area contributed by atoms with E-state index in [-0.39, 0.29) is 10.8 Å². The molecule has 1 N–H and O–H groups in total. The predicted molar refractivity (Wildman–Crippen MR) is 70.2 cm³/mol. The molecule has 3 heteroatoms. The van der Waals surface area contributed by atoms with Crippen LogP contribution in [0.1, 0.15) is 11.1 Å². The summed E-state index contributed by atoms with van der Waals surface area (Å²) in [6, 6.07) is 12.9. The Balaban J connectivity index is 2.22. The lowest BCUT2D eigenvalue weighted by Crippen LogP contribution is -1.92. The zero-order chi connectivity index (χ0) is 12.3. The Bertz CT molecular complexity index is 525. The van der Waals surface area contributed by atoms with Crippen LogP contribution in [0, 0.1) is 5.82 Å². The number of anilines is 1. The molecule has 0 saturated heterocycles. The van der Waals surface area contributed by atoms with Crippen molar-refractivity contribution in [2.24, 2.45) is 0 Å². The van der Waals surface area contributed by atoms with Gasteiger partial charge in [0, 0.05) is 12.7 Å². The summed E-state index contributed by atoms with van der Waals surface area (Å²) in [6.07, 6.45) is 0.746. The fraction of sp³-hybridized carbons (Fsp3) is 0.143. The molecule has 0 bridgehead atoms. The van der Waals surface area contributed by atoms with Crippen LogP contribution in [0.25, 0.3) is 0 Å². The Morgan fingerprint density at radius 2 is 1.88 bits per heavy atom. The van der Waals surface area contributed by atoms with Gasteiger partial charge in [0.2, 0.25) is 0 Å². The van der Waals surface area contributed by atoms with Crippen LogP contribution in [0.3, 0.4) is 0 Å². The number of hydrogen-bond acceptors (Lipinski definition) is 1. The molecule has 1 nitrogen and oxygen atoms in total. The standard InChI is InChI=1S/C14H13ClFN/c1-17-12-4-2-3-10(8-12)7-11-5-6-14(16)13(15)9-11/h2-6,8-9,17H,7H2,1H3. The van der Waals surface area contributed by atoms with Crippen molar-refractivity contribution in [3.8, 4) is 0 Å². The van der Waals surface area contributed by atoms with Gasteiger partial charge >= 0.3 is 0 Å². The lowest BCUT2D eigenvalue weighted by atomic mass is 10.0. The summed E-state index contributed by atoms with van der Waals surface area (Å²) in [5.74, 6) is -0.376. The Morgan fingerprint density at radius 1 is 1.12 bits per heavy atom. The summed E-state index contributed by atoms with van der Waals surface area (Å²) in [5, 5.41) is 3.26. The fourth-order valence-electron chi connectivity index (χ4n) is 1.72. The molecule has 2 aromatic rings. The van der Waals surface area contributed by atoms with Crippen molar-refractivity contribution in [2.75, 3.05) is 12.4 Å². The average Bonchev–Trinajstić information content (AvgIpc) is 2.34. The number of benzene rings is 2. The highest BCUT2D eigenvalue weighted by atomic mass is 35.5. The molecule has 0 aliphatic rings. The van der Waals surface area contributed by atoms with Crippen LogP contribution in [0.4, 0.5) is 10.1 Å². The first-order chi connectivity index (χ1) is 8.19. The van der Waals surface area contributed by atoms with Gasteiger partial charge in [0.25, 0.3) is 0 Å². The highest BCUT2D eigenvalue weighted by Gasteiger charge is 2.02. The van der Waals surface area contributed by atoms with E-state index in [2.05, 4.69) is 11.4 Å². The third-order valence-corrected chi connectivity index (χ3v) is 2.90. The summed E-state index contributed by atoms with van der Waals surface area (Å²) in [4.78, 5) is 0. The molecule has 17 heavy (non-hydrogen) atoms. The first-order valence-corrected chi connectivity index (χ1v) is 5.77. The van der Waals surface area contributed by atoms with E-state index < -0.39 is 0 Å². The molecule has 0 spiro atoms. The smallest absolute Gasteiger partial charge is 0.141 e. The van der Waals surface area contributed by atoms with Crippen LogP contribution in [-0.2, 0) is 6.42 Å². The lowest BCUT2D eigenvalue weighted by Gasteiger charge is -2.06. The number of rotatable bonds is 3. The van der Waals surface area contributed by atoms with Crippen LogP contribution >= 0.6 is 11.6 Å². The largest absolute Gasteiger partial charge is 0.388 e. The van der Waals surface area contributed by atoms with Crippen molar-refractivity contribution >= 4 is 17.3 Å². The van der Waals surface area contributed by atoms with Gasteiger partial charge in [-0.15, -0.1) is 0 Å². The molecular weight excluding hydrogens is 237 g/mol. The Hall–Kier alpha value is -1.54. The quantitative estimate of drug-likeness (QED) is 0.863. The summed E-state index contributed by atoms with van der Waals surface area (Å²) in [7, 11) is 1.88. The molecule has 0 heterocycles. The van der Waals surface area contributed by atoms with Crippen molar-refractivity contribution in [1.29, 1.82) is 0 Å². The third-order valence-electron chi connectivity index (χ3n) is 2.61. The summed E-state index contributed by atoms with van der Waals surface area (Å²) < 4.78 is 13.0. The molecule has 0 saturated carbocycles. The maximum absolute atomic E-state index is 13.0. The molecule has 88 valence electrons. The first kappa shape index (κ1) is 11.9. The Labute approximate surface area is 105 Å². The Kier molecular flexibility index (Phi) is 3.64. The molecule has 0 aromatic heterocycles. The van der Waals surface area contributed by atoms with Gasteiger partial charge in [-0.1, -0.05) is 29.8 Å². The van der Waals surface area contributed by atoms with E-state index in [1.165, 1.54) is 11.6 Å². The van der Waals surface area contributed by atoms with Crippen molar-refractivity contribution in [3.05, 3.63) is 64.4 Å². The minimum atomic E-state index is -0.376. The predicted octanol–water partition coefficient (Wildman–Crippen LogP) is 4.11. The van der Waals surface area contributed by atoms with Crippen molar-refractivity contribution in [1.82, 2.24) is 0 Å². The van der Waals surface area contributed by atoms with E-state index in [1.807, 2.05) is 25.2 Å². The van der Waals surface area contributed by atoms with Crippen molar-refractivity contribution < 1.29 is 4.39 Å². The van der Waals surface area contributed by atoms with Gasteiger partial charge in [-0.2, -0.15) is 0 Å². The zero-order valence-electron chi connectivity index (χ0n) is 9.50. The molecule has 0 aliphatic heterocycles. The zero-order valence-corrected chi connectivity index (χ0v) is 10.3. The van der Waals surface area contributed by atoms with E-state index in [9.17, 15) is 4.39 Å². The average molecular weight is 250 g/mol. The van der Waals surface area contributed by atoms with Gasteiger partial charge in [-0.25, -0.2) is 4.39 Å². The van der Waals surface area contributed by atoms with Gasteiger partial charge < -0.3 is 5.32 Å². The summed E-state index contributed by atoms with van der Waals surface area (Å²) >= 11 is 5.75. The topological polar surface area (TPSA) is 12.0 Å². The maximum atomic E-state index is 13.0. The third kappa shape index (κ3) is 2.98. The Morgan fingerprint density at radius 3 is 2.59 bits per heavy atom. The van der Waals surface area contributed by atoms with Crippen LogP contribution in [0.2, 0.25) is 5.02 Å². The molecule has 0 atom stereocenters. The summed E-state index contributed by atoms with van der Waals surface area (Å²) in [5.41, 5.74) is 3.24. The molecule has 2 rings (SSSR count). The van der Waals surface area contributed by atoms with E-state index in [0.717, 1.165) is 17.7 Å². The minimum Gasteiger partial charge on any atom is -0.388 e. The maximum Gasteiger partial charge on any atom is 0.141 e. The van der Waals surface area contributed by atoms with Crippen molar-refractivity contribution in [3.63, 3.8) is 0 Å². The van der Waals surface area contributed by atoms with Gasteiger partial charge in [-0.3, -0.25) is 0 Å². The second-order valence-electron chi connectivity index (χ2n) is 3.88. The summed E-state index contributed by atoms with van der Waals surface area (Å²) in [6.45, 7) is 0. The SMILES string of the molecule is CNc1cccc(Cc2ccc(F)c(Cl)c2)c1. The monoisotopic (exact) mass is 249 g/mol. The lowest BCUT2D eigenvalue weighted by molar-refractivity contribution is 0.627. The number of halogens is 2. The van der Waals surface area contributed by atoms with E-state index in [1.54, 1.807) is 12.1 Å². The van der Waals surface area contributed by atoms with Crippen molar-refractivity contribution in [2.45, 2.75) is 6.42 Å². The highest BCUT2D eigenvalue weighted by molar-refractivity contribution is 6.30. The van der Waals surface area contributed by atoms with Crippen LogP contribution < -0.4 is 5.32 Å². The molecule has 0 unspecified atom stereocenters. The fourth-order valence-corrected chi connectivity index (χ4v) is 1.93. The highest BCUT2D eigenvalue weighted by Crippen LogP contribution is 2.19. The molecule has 2 aromatic carbocycles. The van der Waals surface area contributed by atoms with Crippen LogP contribution in [-0.4, -0.2) is 7.05 Å². The molecule has 0 aliphatic carbocycles. The van der Waals surface area contributed by atoms with E-state index >= 15 is 0 Å². The normalized spacial score (nSPS) is 10.3. The number of hydrogen-bond donors (Lipinski definition) is 1. The minimum absolute atomic E-state index is 0.173. The molecule has 0 amide bonds. The number of nitrogens with one attached hydrogen (secondary N) is 1. The second kappa shape index (κ2) is 5.19. The second-order valence-corrected chi connectivity index (χ2v) is 4.28. The van der Waals surface area contributed by atoms with Crippen LogP contribution in [0.15, 0.2) is 42.5 Å². The van der Waals surface area contributed by atoms with E-state index in [0.29, 0.717) is 0 Å². The van der Waals surface area contributed by atoms with E-state index in [4.69, 9.17) is 11.6 Å². The first-order valence-electron chi connectivity index (χ1n) is 5.39.